The van der Waals surface area contributed by atoms with Crippen molar-refractivity contribution in [2.24, 2.45) is 23.7 Å². The van der Waals surface area contributed by atoms with Gasteiger partial charge in [-0.05, 0) is 49.3 Å². The lowest BCUT2D eigenvalue weighted by molar-refractivity contribution is -0.161. The molecular formula is C24H34N2O5. The van der Waals surface area contributed by atoms with Gasteiger partial charge in [-0.25, -0.2) is 0 Å². The summed E-state index contributed by atoms with van der Waals surface area (Å²) >= 11 is 0. The quantitative estimate of drug-likeness (QED) is 0.646. The summed E-state index contributed by atoms with van der Waals surface area (Å²) in [5.41, 5.74) is 2.03. The molecule has 3 fully saturated rings. The maximum Gasteiger partial charge on any atom is 0.226 e. The largest absolute Gasteiger partial charge is 0.496 e. The second-order valence-corrected chi connectivity index (χ2v) is 9.76. The van der Waals surface area contributed by atoms with Gasteiger partial charge in [0.05, 0.1) is 25.9 Å². The van der Waals surface area contributed by atoms with Crippen LogP contribution in [0, 0.1) is 23.7 Å². The summed E-state index contributed by atoms with van der Waals surface area (Å²) in [6, 6.07) is 6.19. The predicted molar refractivity (Wildman–Crippen MR) is 115 cm³/mol. The van der Waals surface area contributed by atoms with Crippen molar-refractivity contribution in [3.63, 3.8) is 0 Å². The molecule has 1 aromatic rings. The molecule has 2 saturated heterocycles. The minimum absolute atomic E-state index is 0.0610. The number of hydrogen-bond donors (Lipinski definition) is 3. The number of methoxy groups -OCH3 is 1. The van der Waals surface area contributed by atoms with Gasteiger partial charge in [0.2, 0.25) is 5.91 Å². The third kappa shape index (κ3) is 3.28. The van der Waals surface area contributed by atoms with Crippen molar-refractivity contribution in [2.75, 3.05) is 39.9 Å². The summed E-state index contributed by atoms with van der Waals surface area (Å²) < 4.78 is 12.0. The SMILES string of the molecule is COc1cccc2c1C1(CCN(C(=O)[C@H]3[C@@H](C)[C@H](O)[C@@H](O)[C@H]4CNC[C@@H]43)CC1)OCC2. The average molecular weight is 431 g/mol. The fourth-order valence-electron chi connectivity index (χ4n) is 6.66. The molecule has 0 bridgehead atoms. The summed E-state index contributed by atoms with van der Waals surface area (Å²) in [6.45, 7) is 5.23. The van der Waals surface area contributed by atoms with Crippen LogP contribution in [0.15, 0.2) is 18.2 Å². The number of benzene rings is 1. The molecule has 7 heteroatoms. The number of piperidine rings is 1. The van der Waals surface area contributed by atoms with Crippen LogP contribution >= 0.6 is 0 Å². The number of likely N-dealkylation sites (tertiary alicyclic amines) is 1. The molecule has 1 saturated carbocycles. The van der Waals surface area contributed by atoms with Crippen LogP contribution in [-0.2, 0) is 21.6 Å². The Morgan fingerprint density at radius 2 is 1.94 bits per heavy atom. The van der Waals surface area contributed by atoms with E-state index < -0.39 is 17.8 Å². The summed E-state index contributed by atoms with van der Waals surface area (Å²) in [5, 5.41) is 24.4. The number of hydrogen-bond acceptors (Lipinski definition) is 6. The highest BCUT2D eigenvalue weighted by Crippen LogP contribution is 2.47. The highest BCUT2D eigenvalue weighted by atomic mass is 16.5. The van der Waals surface area contributed by atoms with E-state index in [4.69, 9.17) is 9.47 Å². The monoisotopic (exact) mass is 430 g/mol. The number of aliphatic hydroxyl groups is 2. The number of carbonyl (C=O) groups is 1. The van der Waals surface area contributed by atoms with Crippen LogP contribution in [0.5, 0.6) is 5.75 Å². The van der Waals surface area contributed by atoms with Crippen molar-refractivity contribution >= 4 is 5.91 Å². The predicted octanol–water partition coefficient (Wildman–Crippen LogP) is 0.909. The van der Waals surface area contributed by atoms with E-state index in [1.165, 1.54) is 5.56 Å². The standard InChI is InChI=1S/C24H34N2O5/c1-14-19(16-12-25-13-17(16)22(28)21(14)27)23(29)26-9-7-24(8-10-26)20-15(6-11-31-24)4-3-5-18(20)30-2/h3-5,14,16-17,19,21-22,25,27-28H,6-13H2,1-2H3/t14-,16+,17+,19+,21+,22+/m1/s1. The van der Waals surface area contributed by atoms with Crippen molar-refractivity contribution in [3.8, 4) is 5.75 Å². The lowest BCUT2D eigenvalue weighted by atomic mass is 9.65. The Kier molecular flexibility index (Phi) is 5.49. The Morgan fingerprint density at radius 1 is 1.19 bits per heavy atom. The number of ether oxygens (including phenoxy) is 2. The first-order valence-electron chi connectivity index (χ1n) is 11.6. The Morgan fingerprint density at radius 3 is 2.68 bits per heavy atom. The van der Waals surface area contributed by atoms with E-state index in [9.17, 15) is 15.0 Å². The summed E-state index contributed by atoms with van der Waals surface area (Å²) in [5.74, 6) is 0.475. The molecule has 0 radical (unpaired) electrons. The molecule has 4 aliphatic rings. The second-order valence-electron chi connectivity index (χ2n) is 9.76. The third-order valence-electron chi connectivity index (χ3n) is 8.37. The van der Waals surface area contributed by atoms with Crippen LogP contribution in [0.2, 0.25) is 0 Å². The first-order valence-corrected chi connectivity index (χ1v) is 11.6. The first kappa shape index (κ1) is 21.2. The molecule has 1 aromatic carbocycles. The van der Waals surface area contributed by atoms with Crippen LogP contribution in [0.3, 0.4) is 0 Å². The number of amides is 1. The molecule has 7 nitrogen and oxygen atoms in total. The summed E-state index contributed by atoms with van der Waals surface area (Å²) in [4.78, 5) is 15.6. The minimum Gasteiger partial charge on any atom is -0.496 e. The molecule has 31 heavy (non-hydrogen) atoms. The maximum absolute atomic E-state index is 13.6. The Labute approximate surface area is 183 Å². The van der Waals surface area contributed by atoms with Crippen LogP contribution in [-0.4, -0.2) is 73.1 Å². The van der Waals surface area contributed by atoms with Gasteiger partial charge in [-0.15, -0.1) is 0 Å². The maximum atomic E-state index is 13.6. The third-order valence-corrected chi connectivity index (χ3v) is 8.37. The van der Waals surface area contributed by atoms with Gasteiger partial charge in [0.25, 0.3) is 0 Å². The summed E-state index contributed by atoms with van der Waals surface area (Å²) in [7, 11) is 1.70. The average Bonchev–Trinajstić information content (AvgIpc) is 3.27. The molecular weight excluding hydrogens is 396 g/mol. The number of rotatable bonds is 2. The number of aliphatic hydroxyl groups excluding tert-OH is 2. The van der Waals surface area contributed by atoms with Crippen LogP contribution in [0.4, 0.5) is 0 Å². The number of nitrogens with zero attached hydrogens (tertiary/aromatic N) is 1. The van der Waals surface area contributed by atoms with Crippen LogP contribution in [0.1, 0.15) is 30.9 Å². The topological polar surface area (TPSA) is 91.3 Å². The van der Waals surface area contributed by atoms with Crippen molar-refractivity contribution < 1.29 is 24.5 Å². The lowest BCUT2D eigenvalue weighted by Crippen LogP contribution is -2.58. The molecule has 1 amide bonds. The Bertz CT molecular complexity index is 823. The van der Waals surface area contributed by atoms with E-state index in [0.717, 1.165) is 37.1 Å². The fraction of sp³-hybridized carbons (Fsp3) is 0.708. The molecule has 0 unspecified atom stereocenters. The van der Waals surface area contributed by atoms with Crippen molar-refractivity contribution in [2.45, 2.75) is 44.0 Å². The minimum atomic E-state index is -0.857. The van der Waals surface area contributed by atoms with Crippen molar-refractivity contribution in [3.05, 3.63) is 29.3 Å². The van der Waals surface area contributed by atoms with Gasteiger partial charge in [0.1, 0.15) is 11.4 Å². The summed E-state index contributed by atoms with van der Waals surface area (Å²) in [6.07, 6.45) is 0.745. The first-order chi connectivity index (χ1) is 15.0. The van der Waals surface area contributed by atoms with Crippen LogP contribution in [0.25, 0.3) is 0 Å². The zero-order valence-corrected chi connectivity index (χ0v) is 18.4. The van der Waals surface area contributed by atoms with Gasteiger partial charge >= 0.3 is 0 Å². The van der Waals surface area contributed by atoms with Gasteiger partial charge in [-0.1, -0.05) is 19.1 Å². The zero-order chi connectivity index (χ0) is 21.8. The van der Waals surface area contributed by atoms with E-state index in [-0.39, 0.29) is 29.6 Å². The molecule has 170 valence electrons. The normalized spacial score (nSPS) is 36.7. The molecule has 3 N–H and O–H groups in total. The molecule has 5 rings (SSSR count). The number of nitrogens with one attached hydrogen (secondary N) is 1. The Balaban J connectivity index is 1.35. The van der Waals surface area contributed by atoms with Gasteiger partial charge in [-0.3, -0.25) is 4.79 Å². The molecule has 1 aliphatic carbocycles. The van der Waals surface area contributed by atoms with Gasteiger partial charge in [0.15, 0.2) is 0 Å². The van der Waals surface area contributed by atoms with Gasteiger partial charge in [0, 0.05) is 37.0 Å². The number of fused-ring (bicyclic) bond motifs is 3. The molecule has 1 spiro atoms. The van der Waals surface area contributed by atoms with E-state index in [1.54, 1.807) is 7.11 Å². The van der Waals surface area contributed by atoms with E-state index >= 15 is 0 Å². The number of carbonyl (C=O) groups excluding carboxylic acids is 1. The van der Waals surface area contributed by atoms with E-state index in [2.05, 4.69) is 11.4 Å². The van der Waals surface area contributed by atoms with Crippen molar-refractivity contribution in [1.29, 1.82) is 0 Å². The van der Waals surface area contributed by atoms with E-state index in [1.807, 2.05) is 24.0 Å². The van der Waals surface area contributed by atoms with Gasteiger partial charge < -0.3 is 29.9 Å². The van der Waals surface area contributed by atoms with E-state index in [0.29, 0.717) is 26.2 Å². The zero-order valence-electron chi connectivity index (χ0n) is 18.4. The van der Waals surface area contributed by atoms with Gasteiger partial charge in [-0.2, -0.15) is 0 Å². The fourth-order valence-corrected chi connectivity index (χ4v) is 6.66. The highest BCUT2D eigenvalue weighted by molar-refractivity contribution is 5.80. The second kappa shape index (κ2) is 8.03. The Hall–Kier alpha value is -1.67. The van der Waals surface area contributed by atoms with Crippen LogP contribution < -0.4 is 10.1 Å². The lowest BCUT2D eigenvalue weighted by Gasteiger charge is -2.48. The smallest absolute Gasteiger partial charge is 0.226 e. The van der Waals surface area contributed by atoms with Crippen molar-refractivity contribution in [1.82, 2.24) is 10.2 Å². The molecule has 6 atom stereocenters. The molecule has 3 aliphatic heterocycles. The molecule has 0 aromatic heterocycles. The highest BCUT2D eigenvalue weighted by Gasteiger charge is 2.54. The molecule has 3 heterocycles.